The second-order valence-electron chi connectivity index (χ2n) is 8.71. The number of carbonyl (C=O) groups excluding carboxylic acids is 1. The van der Waals surface area contributed by atoms with E-state index in [4.69, 9.17) is 4.74 Å². The molecule has 0 saturated carbocycles. The fraction of sp³-hybridized carbons (Fsp3) is 0.583. The molecule has 170 valence electrons. The smallest absolute Gasteiger partial charge is 0.319 e. The highest BCUT2D eigenvalue weighted by atomic mass is 16.5. The molecule has 0 radical (unpaired) electrons. The Morgan fingerprint density at radius 3 is 2.74 bits per heavy atom. The number of carboxylic acids is 1. The van der Waals surface area contributed by atoms with Gasteiger partial charge in [-0.1, -0.05) is 37.3 Å². The van der Waals surface area contributed by atoms with Gasteiger partial charge in [0.05, 0.1) is 12.3 Å². The molecule has 0 bridgehead atoms. The molecule has 31 heavy (non-hydrogen) atoms. The molecule has 1 amide bonds. The third-order valence-electron chi connectivity index (χ3n) is 6.20. The molecule has 3 atom stereocenters. The van der Waals surface area contributed by atoms with E-state index in [9.17, 15) is 14.7 Å². The summed E-state index contributed by atoms with van der Waals surface area (Å²) < 4.78 is 6.00. The number of ether oxygens (including phenoxy) is 1. The Hall–Kier alpha value is -2.38. The molecular weight excluding hydrogens is 394 g/mol. The van der Waals surface area contributed by atoms with Gasteiger partial charge in [0.1, 0.15) is 11.2 Å². The van der Waals surface area contributed by atoms with E-state index >= 15 is 0 Å². The number of nitrogens with zero attached hydrogens (tertiary/aromatic N) is 1. The zero-order valence-electron chi connectivity index (χ0n) is 18.8. The number of carbonyl (C=O) groups is 2. The third-order valence-corrected chi connectivity index (χ3v) is 6.20. The molecule has 1 aliphatic carbocycles. The fourth-order valence-corrected chi connectivity index (χ4v) is 4.47. The Morgan fingerprint density at radius 2 is 2.10 bits per heavy atom. The molecule has 2 aliphatic rings. The van der Waals surface area contributed by atoms with Gasteiger partial charge in [-0.15, -0.1) is 0 Å². The predicted octanol–water partition coefficient (Wildman–Crippen LogP) is 3.08. The molecule has 3 rings (SSSR count). The quantitative estimate of drug-likeness (QED) is 0.435. The van der Waals surface area contributed by atoms with Gasteiger partial charge in [-0.2, -0.15) is 0 Å². The van der Waals surface area contributed by atoms with Crippen LogP contribution in [0.25, 0.3) is 0 Å². The minimum Gasteiger partial charge on any atom is -0.491 e. The number of hydrogen-bond donors (Lipinski definition) is 3. The van der Waals surface area contributed by atoms with Crippen LogP contribution in [0.4, 0.5) is 0 Å². The highest BCUT2D eigenvalue weighted by molar-refractivity contribution is 6.02. The summed E-state index contributed by atoms with van der Waals surface area (Å²) in [4.78, 5) is 27.3. The standard InChI is InChI=1S/C24H35N3O4/c1-4-21(26-22(28)24(23(29)30)12-8-5-9-13-24)27-15-14-25-19(16-27)18-10-6-7-11-20(18)31-17(2)3/h5-8,10-11,17,19,21,25H,4,9,12-16H2,1-3H3,(H,26,28)(H,29,30). The van der Waals surface area contributed by atoms with Crippen LogP contribution in [-0.4, -0.2) is 53.8 Å². The zero-order chi connectivity index (χ0) is 22.4. The van der Waals surface area contributed by atoms with Crippen molar-refractivity contribution >= 4 is 11.9 Å². The van der Waals surface area contributed by atoms with Crippen LogP contribution in [0.2, 0.25) is 0 Å². The van der Waals surface area contributed by atoms with Gasteiger partial charge in [0.15, 0.2) is 0 Å². The van der Waals surface area contributed by atoms with Crippen LogP contribution >= 0.6 is 0 Å². The van der Waals surface area contributed by atoms with Crippen LogP contribution in [-0.2, 0) is 9.59 Å². The maximum absolute atomic E-state index is 13.1. The summed E-state index contributed by atoms with van der Waals surface area (Å²) in [5.41, 5.74) is -0.269. The first-order valence-electron chi connectivity index (χ1n) is 11.3. The van der Waals surface area contributed by atoms with Gasteiger partial charge in [0, 0.05) is 31.2 Å². The monoisotopic (exact) mass is 429 g/mol. The first kappa shape index (κ1) is 23.3. The van der Waals surface area contributed by atoms with Crippen LogP contribution in [0, 0.1) is 5.41 Å². The summed E-state index contributed by atoms with van der Waals surface area (Å²) in [6.45, 7) is 8.31. The summed E-state index contributed by atoms with van der Waals surface area (Å²) in [5.74, 6) is -0.551. The van der Waals surface area contributed by atoms with Crippen molar-refractivity contribution in [1.82, 2.24) is 15.5 Å². The highest BCUT2D eigenvalue weighted by Crippen LogP contribution is 2.34. The van der Waals surface area contributed by atoms with Crippen molar-refractivity contribution in [2.45, 2.75) is 64.8 Å². The van der Waals surface area contributed by atoms with Crippen LogP contribution in [0.3, 0.4) is 0 Å². The first-order valence-corrected chi connectivity index (χ1v) is 11.3. The maximum Gasteiger partial charge on any atom is 0.319 e. The maximum atomic E-state index is 13.1. The van der Waals surface area contributed by atoms with Gasteiger partial charge < -0.3 is 20.5 Å². The molecule has 0 spiro atoms. The lowest BCUT2D eigenvalue weighted by molar-refractivity contribution is -0.157. The number of nitrogens with one attached hydrogen (secondary N) is 2. The van der Waals surface area contributed by atoms with E-state index in [1.807, 2.05) is 51.1 Å². The summed E-state index contributed by atoms with van der Waals surface area (Å²) in [6.07, 6.45) is 5.53. The average molecular weight is 430 g/mol. The van der Waals surface area contributed by atoms with Crippen molar-refractivity contribution in [3.63, 3.8) is 0 Å². The number of hydrogen-bond acceptors (Lipinski definition) is 5. The second kappa shape index (κ2) is 10.3. The van der Waals surface area contributed by atoms with Crippen molar-refractivity contribution < 1.29 is 19.4 Å². The summed E-state index contributed by atoms with van der Waals surface area (Å²) in [6, 6.07) is 8.12. The molecule has 1 aromatic rings. The molecule has 1 saturated heterocycles. The van der Waals surface area contributed by atoms with E-state index in [2.05, 4.69) is 21.6 Å². The minimum absolute atomic E-state index is 0.0701. The number of amides is 1. The predicted molar refractivity (Wildman–Crippen MR) is 120 cm³/mol. The molecule has 1 aliphatic heterocycles. The van der Waals surface area contributed by atoms with Crippen molar-refractivity contribution in [2.75, 3.05) is 19.6 Å². The summed E-state index contributed by atoms with van der Waals surface area (Å²) in [7, 11) is 0. The zero-order valence-corrected chi connectivity index (χ0v) is 18.8. The van der Waals surface area contributed by atoms with E-state index in [1.165, 1.54) is 0 Å². The van der Waals surface area contributed by atoms with Crippen molar-refractivity contribution in [2.24, 2.45) is 5.41 Å². The Labute approximate surface area is 184 Å². The molecule has 1 aromatic carbocycles. The molecule has 3 unspecified atom stereocenters. The molecule has 7 heteroatoms. The van der Waals surface area contributed by atoms with Gasteiger partial charge in [-0.25, -0.2) is 0 Å². The van der Waals surface area contributed by atoms with E-state index < -0.39 is 11.4 Å². The number of rotatable bonds is 8. The summed E-state index contributed by atoms with van der Waals surface area (Å²) in [5, 5.41) is 16.4. The molecule has 0 aromatic heterocycles. The summed E-state index contributed by atoms with van der Waals surface area (Å²) >= 11 is 0. The second-order valence-corrected chi connectivity index (χ2v) is 8.71. The molecule has 1 fully saturated rings. The van der Waals surface area contributed by atoms with E-state index in [-0.39, 0.29) is 30.6 Å². The molecule has 7 nitrogen and oxygen atoms in total. The lowest BCUT2D eigenvalue weighted by atomic mass is 9.76. The number of piperazine rings is 1. The fourth-order valence-electron chi connectivity index (χ4n) is 4.47. The molecular formula is C24H35N3O4. The van der Waals surface area contributed by atoms with E-state index in [1.54, 1.807) is 0 Å². The van der Waals surface area contributed by atoms with Gasteiger partial charge >= 0.3 is 5.97 Å². The lowest BCUT2D eigenvalue weighted by Gasteiger charge is -2.40. The largest absolute Gasteiger partial charge is 0.491 e. The van der Waals surface area contributed by atoms with Gasteiger partial charge in [-0.05, 0) is 45.6 Å². The Morgan fingerprint density at radius 1 is 1.32 bits per heavy atom. The third kappa shape index (κ3) is 5.28. The van der Waals surface area contributed by atoms with Crippen LogP contribution in [0.5, 0.6) is 5.75 Å². The Balaban J connectivity index is 1.73. The first-order chi connectivity index (χ1) is 14.9. The number of carboxylic acid groups (broad SMARTS) is 1. The van der Waals surface area contributed by atoms with Gasteiger partial charge in [-0.3, -0.25) is 14.5 Å². The Bertz CT molecular complexity index is 810. The van der Waals surface area contributed by atoms with Gasteiger partial charge in [0.2, 0.25) is 5.91 Å². The van der Waals surface area contributed by atoms with Crippen LogP contribution < -0.4 is 15.4 Å². The van der Waals surface area contributed by atoms with Crippen LogP contribution in [0.15, 0.2) is 36.4 Å². The van der Waals surface area contributed by atoms with Crippen molar-refractivity contribution in [3.05, 3.63) is 42.0 Å². The lowest BCUT2D eigenvalue weighted by Crippen LogP contribution is -2.58. The molecule has 1 heterocycles. The van der Waals surface area contributed by atoms with Crippen molar-refractivity contribution in [3.8, 4) is 5.75 Å². The van der Waals surface area contributed by atoms with Gasteiger partial charge in [0.25, 0.3) is 0 Å². The minimum atomic E-state index is -1.37. The van der Waals surface area contributed by atoms with E-state index in [0.29, 0.717) is 25.8 Å². The SMILES string of the molecule is CCC(NC(=O)C1(C(=O)O)CC=CCC1)N1CCNC(c2ccccc2OC(C)C)C1. The van der Waals surface area contributed by atoms with E-state index in [0.717, 1.165) is 24.4 Å². The molecule has 3 N–H and O–H groups in total. The normalized spacial score (nSPS) is 25.2. The number of allylic oxidation sites excluding steroid dienone is 2. The van der Waals surface area contributed by atoms with Crippen LogP contribution in [0.1, 0.15) is 58.1 Å². The van der Waals surface area contributed by atoms with Crippen molar-refractivity contribution in [1.29, 1.82) is 0 Å². The topological polar surface area (TPSA) is 90.9 Å². The highest BCUT2D eigenvalue weighted by Gasteiger charge is 2.46. The average Bonchev–Trinajstić information content (AvgIpc) is 2.77. The number of para-hydroxylation sites is 1. The number of benzene rings is 1. The number of aliphatic carboxylic acids is 1. The Kier molecular flexibility index (Phi) is 7.73.